The minimum absolute atomic E-state index is 0.434. The van der Waals surface area contributed by atoms with E-state index in [4.69, 9.17) is 19.6 Å². The van der Waals surface area contributed by atoms with E-state index in [1.54, 1.807) is 50.4 Å². The molecule has 4 rings (SSSR count). The normalized spacial score (nSPS) is 30.4. The van der Waals surface area contributed by atoms with Gasteiger partial charge in [0.2, 0.25) is 17.1 Å². The van der Waals surface area contributed by atoms with Gasteiger partial charge in [-0.25, -0.2) is 0 Å². The van der Waals surface area contributed by atoms with Crippen LogP contribution < -0.4 is 4.74 Å². The Labute approximate surface area is 180 Å². The topological polar surface area (TPSA) is 123 Å². The molecule has 1 N–H and O–H groups in total. The number of aryl methyl sites for hydroxylation is 1. The summed E-state index contributed by atoms with van der Waals surface area (Å²) in [4.78, 5) is 0. The summed E-state index contributed by atoms with van der Waals surface area (Å²) in [7, 11) is 1.55. The molecule has 0 aromatic heterocycles. The standard InChI is InChI=1S/C24H20N4O3/c1-15-4-6-17(7-5-15)20-22(12-25,13-26)23(14-27)16(2)24(30-20,31-21(23)28)18-8-10-19(29-3)11-9-18/h4-11,16,20,28H,1-3H3. The largest absolute Gasteiger partial charge is 0.497 e. The summed E-state index contributed by atoms with van der Waals surface area (Å²) >= 11 is 0. The number of hydrogen-bond acceptors (Lipinski definition) is 7. The van der Waals surface area contributed by atoms with Crippen molar-refractivity contribution < 1.29 is 14.2 Å². The lowest BCUT2D eigenvalue weighted by Crippen LogP contribution is -2.57. The van der Waals surface area contributed by atoms with E-state index in [-0.39, 0.29) is 0 Å². The average Bonchev–Trinajstić information content (AvgIpc) is 2.96. The highest BCUT2D eigenvalue weighted by Gasteiger charge is 2.79. The summed E-state index contributed by atoms with van der Waals surface area (Å²) in [6.07, 6.45) is -1.11. The highest BCUT2D eigenvalue weighted by atomic mass is 16.7. The van der Waals surface area contributed by atoms with Gasteiger partial charge in [0.1, 0.15) is 11.9 Å². The third-order valence-corrected chi connectivity index (χ3v) is 6.54. The number of nitrogens with zero attached hydrogens (tertiary/aromatic N) is 3. The SMILES string of the molecule is COc1ccc(C23OC(=N)C(C#N)(C2C)C(C#N)(C#N)C(c2ccc(C)cc2)O3)cc1. The molecule has 7 heteroatoms. The summed E-state index contributed by atoms with van der Waals surface area (Å²) in [5, 5.41) is 39.4. The summed E-state index contributed by atoms with van der Waals surface area (Å²) in [5.41, 5.74) is -1.65. The van der Waals surface area contributed by atoms with E-state index in [1.807, 2.05) is 31.2 Å². The van der Waals surface area contributed by atoms with Crippen molar-refractivity contribution in [3.8, 4) is 24.0 Å². The highest BCUT2D eigenvalue weighted by molar-refractivity contribution is 5.89. The number of nitrogens with one attached hydrogen (secondary N) is 1. The third-order valence-electron chi connectivity index (χ3n) is 6.54. The zero-order chi connectivity index (χ0) is 22.4. The molecule has 0 saturated carbocycles. The van der Waals surface area contributed by atoms with Gasteiger partial charge in [0, 0.05) is 5.56 Å². The van der Waals surface area contributed by atoms with Gasteiger partial charge in [0.25, 0.3) is 0 Å². The van der Waals surface area contributed by atoms with E-state index in [9.17, 15) is 15.8 Å². The Morgan fingerprint density at radius 2 is 1.58 bits per heavy atom. The Bertz CT molecular complexity index is 1160. The van der Waals surface area contributed by atoms with Gasteiger partial charge in [0.05, 0.1) is 31.2 Å². The first-order valence-corrected chi connectivity index (χ1v) is 9.76. The molecule has 4 unspecified atom stereocenters. The number of nitriles is 3. The van der Waals surface area contributed by atoms with Crippen LogP contribution in [0.2, 0.25) is 0 Å². The van der Waals surface area contributed by atoms with Crippen LogP contribution in [-0.2, 0) is 15.3 Å². The summed E-state index contributed by atoms with van der Waals surface area (Å²) in [5.74, 6) is -2.11. The lowest BCUT2D eigenvalue weighted by Gasteiger charge is -2.48. The average molecular weight is 412 g/mol. The van der Waals surface area contributed by atoms with E-state index in [0.717, 1.165) is 5.56 Å². The van der Waals surface area contributed by atoms with Crippen LogP contribution in [-0.4, -0.2) is 13.0 Å². The van der Waals surface area contributed by atoms with Crippen molar-refractivity contribution in [3.63, 3.8) is 0 Å². The van der Waals surface area contributed by atoms with Crippen LogP contribution in [0.15, 0.2) is 48.5 Å². The second-order valence-corrected chi connectivity index (χ2v) is 7.91. The number of fused-ring (bicyclic) bond motifs is 2. The molecule has 2 heterocycles. The summed E-state index contributed by atoms with van der Waals surface area (Å²) < 4.78 is 17.7. The molecular formula is C24H20N4O3. The zero-order valence-corrected chi connectivity index (χ0v) is 17.3. The van der Waals surface area contributed by atoms with Crippen LogP contribution in [0.4, 0.5) is 0 Å². The van der Waals surface area contributed by atoms with E-state index >= 15 is 0 Å². The molecular weight excluding hydrogens is 392 g/mol. The van der Waals surface area contributed by atoms with Gasteiger partial charge in [-0.2, -0.15) is 15.8 Å². The first-order chi connectivity index (χ1) is 14.8. The Kier molecular flexibility index (Phi) is 4.51. The fourth-order valence-electron chi connectivity index (χ4n) is 4.73. The van der Waals surface area contributed by atoms with E-state index in [2.05, 4.69) is 6.07 Å². The molecule has 2 aromatic rings. The van der Waals surface area contributed by atoms with Gasteiger partial charge in [-0.15, -0.1) is 0 Å². The van der Waals surface area contributed by atoms with Gasteiger partial charge in [-0.1, -0.05) is 36.8 Å². The monoisotopic (exact) mass is 412 g/mol. The van der Waals surface area contributed by atoms with E-state index in [1.165, 1.54) is 0 Å². The molecule has 0 amide bonds. The predicted molar refractivity (Wildman–Crippen MR) is 109 cm³/mol. The fourth-order valence-corrected chi connectivity index (χ4v) is 4.73. The molecule has 2 aliphatic heterocycles. The van der Waals surface area contributed by atoms with Gasteiger partial charge in [0.15, 0.2) is 5.41 Å². The number of ether oxygens (including phenoxy) is 3. The van der Waals surface area contributed by atoms with Crippen molar-refractivity contribution in [2.24, 2.45) is 16.7 Å². The number of hydrogen-bond donors (Lipinski definition) is 1. The summed E-state index contributed by atoms with van der Waals surface area (Å²) in [6.45, 7) is 3.61. The smallest absolute Gasteiger partial charge is 0.244 e. The lowest BCUT2D eigenvalue weighted by molar-refractivity contribution is -0.288. The second-order valence-electron chi connectivity index (χ2n) is 7.91. The zero-order valence-electron chi connectivity index (χ0n) is 17.3. The third kappa shape index (κ3) is 2.37. The Morgan fingerprint density at radius 1 is 0.968 bits per heavy atom. The first kappa shape index (κ1) is 20.4. The Morgan fingerprint density at radius 3 is 2.10 bits per heavy atom. The molecule has 7 nitrogen and oxygen atoms in total. The second kappa shape index (κ2) is 6.84. The minimum atomic E-state index is -1.97. The molecule has 2 aliphatic rings. The predicted octanol–water partition coefficient (Wildman–Crippen LogP) is 4.12. The molecule has 2 fully saturated rings. The molecule has 0 radical (unpaired) electrons. The molecule has 4 atom stereocenters. The van der Waals surface area contributed by atoms with Gasteiger partial charge in [-0.05, 0) is 36.8 Å². The first-order valence-electron chi connectivity index (χ1n) is 9.76. The van der Waals surface area contributed by atoms with Crippen LogP contribution in [0.25, 0.3) is 0 Å². The van der Waals surface area contributed by atoms with Crippen molar-refractivity contribution in [3.05, 3.63) is 65.2 Å². The van der Waals surface area contributed by atoms with Crippen molar-refractivity contribution in [2.45, 2.75) is 25.7 Å². The molecule has 2 saturated heterocycles. The molecule has 2 aromatic carbocycles. The minimum Gasteiger partial charge on any atom is -0.497 e. The van der Waals surface area contributed by atoms with E-state index < -0.39 is 34.5 Å². The van der Waals surface area contributed by atoms with Crippen LogP contribution >= 0.6 is 0 Å². The van der Waals surface area contributed by atoms with Crippen LogP contribution in [0.5, 0.6) is 5.75 Å². The molecule has 154 valence electrons. The Balaban J connectivity index is 2.00. The lowest BCUT2D eigenvalue weighted by atomic mass is 9.53. The quantitative estimate of drug-likeness (QED) is 0.809. The van der Waals surface area contributed by atoms with Crippen LogP contribution in [0, 0.1) is 63.1 Å². The van der Waals surface area contributed by atoms with Crippen molar-refractivity contribution in [1.82, 2.24) is 0 Å². The highest BCUT2D eigenvalue weighted by Crippen LogP contribution is 2.68. The maximum atomic E-state index is 10.3. The maximum Gasteiger partial charge on any atom is 0.244 e. The molecule has 0 spiro atoms. The van der Waals surface area contributed by atoms with Crippen LogP contribution in [0.3, 0.4) is 0 Å². The van der Waals surface area contributed by atoms with Gasteiger partial charge >= 0.3 is 0 Å². The number of benzene rings is 2. The maximum absolute atomic E-state index is 10.3. The van der Waals surface area contributed by atoms with Crippen molar-refractivity contribution in [1.29, 1.82) is 21.2 Å². The molecule has 2 bridgehead atoms. The number of methoxy groups -OCH3 is 1. The Hall–Kier alpha value is -3.86. The van der Waals surface area contributed by atoms with Gasteiger partial charge < -0.3 is 14.2 Å². The molecule has 0 aliphatic carbocycles. The summed E-state index contributed by atoms with van der Waals surface area (Å²) in [6, 6.07) is 20.4. The van der Waals surface area contributed by atoms with Gasteiger partial charge in [-0.3, -0.25) is 5.41 Å². The molecule has 31 heavy (non-hydrogen) atoms. The number of rotatable bonds is 3. The van der Waals surface area contributed by atoms with Crippen molar-refractivity contribution >= 4 is 5.90 Å². The van der Waals surface area contributed by atoms with E-state index in [0.29, 0.717) is 16.9 Å². The van der Waals surface area contributed by atoms with Crippen molar-refractivity contribution in [2.75, 3.05) is 7.11 Å². The van der Waals surface area contributed by atoms with Crippen LogP contribution in [0.1, 0.15) is 29.7 Å². The fraction of sp³-hybridized carbons (Fsp3) is 0.333.